The molecular formula is C10H12N2O2. The average Bonchev–Trinajstić information content (AvgIpc) is 2.92. The molecule has 4 heteroatoms. The molecule has 1 aliphatic rings. The van der Waals surface area contributed by atoms with Gasteiger partial charge in [-0.25, -0.2) is 9.78 Å². The van der Waals surface area contributed by atoms with Gasteiger partial charge in [-0.15, -0.1) is 0 Å². The normalized spacial score (nSPS) is 15.2. The number of nitrogens with one attached hydrogen (secondary N) is 1. The van der Waals surface area contributed by atoms with E-state index in [9.17, 15) is 4.79 Å². The molecule has 0 bridgehead atoms. The number of anilines is 1. The molecule has 2 rings (SSSR count). The molecule has 0 aromatic carbocycles. The largest absolute Gasteiger partial charge is 0.478 e. The molecule has 14 heavy (non-hydrogen) atoms. The fraction of sp³-hybridized carbons (Fsp3) is 0.400. The molecular weight excluding hydrogens is 180 g/mol. The van der Waals surface area contributed by atoms with Crippen LogP contribution in [-0.4, -0.2) is 22.1 Å². The number of aromatic carboxylic acids is 1. The molecule has 1 saturated carbocycles. The summed E-state index contributed by atoms with van der Waals surface area (Å²) in [5, 5.41) is 12.0. The van der Waals surface area contributed by atoms with Crippen LogP contribution in [0.15, 0.2) is 12.3 Å². The van der Waals surface area contributed by atoms with Gasteiger partial charge in [0.25, 0.3) is 0 Å². The zero-order valence-electron chi connectivity index (χ0n) is 7.95. The second-order valence-corrected chi connectivity index (χ2v) is 3.61. The van der Waals surface area contributed by atoms with E-state index in [1.54, 1.807) is 6.07 Å². The van der Waals surface area contributed by atoms with Crippen molar-refractivity contribution in [3.63, 3.8) is 0 Å². The zero-order valence-corrected chi connectivity index (χ0v) is 7.95. The Morgan fingerprint density at radius 1 is 1.64 bits per heavy atom. The van der Waals surface area contributed by atoms with Crippen molar-refractivity contribution in [1.82, 2.24) is 4.98 Å². The van der Waals surface area contributed by atoms with Crippen LogP contribution in [0.1, 0.15) is 28.8 Å². The lowest BCUT2D eigenvalue weighted by atomic mass is 10.2. The molecule has 0 amide bonds. The van der Waals surface area contributed by atoms with Gasteiger partial charge in [0.1, 0.15) is 5.82 Å². The Morgan fingerprint density at radius 3 is 2.86 bits per heavy atom. The first-order valence-corrected chi connectivity index (χ1v) is 4.63. The molecule has 4 nitrogen and oxygen atoms in total. The van der Waals surface area contributed by atoms with E-state index in [-0.39, 0.29) is 5.56 Å². The van der Waals surface area contributed by atoms with Crippen LogP contribution in [0, 0.1) is 6.92 Å². The Labute approximate surface area is 82.0 Å². The van der Waals surface area contributed by atoms with Gasteiger partial charge in [-0.05, 0) is 31.4 Å². The molecule has 1 aromatic rings. The first-order valence-electron chi connectivity index (χ1n) is 4.63. The number of aromatic nitrogens is 1. The van der Waals surface area contributed by atoms with Crippen molar-refractivity contribution in [2.24, 2.45) is 0 Å². The summed E-state index contributed by atoms with van der Waals surface area (Å²) >= 11 is 0. The van der Waals surface area contributed by atoms with Gasteiger partial charge in [0.15, 0.2) is 0 Å². The Hall–Kier alpha value is -1.58. The minimum absolute atomic E-state index is 0.240. The van der Waals surface area contributed by atoms with Crippen LogP contribution in [0.5, 0.6) is 0 Å². The van der Waals surface area contributed by atoms with Crippen molar-refractivity contribution >= 4 is 11.8 Å². The van der Waals surface area contributed by atoms with E-state index in [1.165, 1.54) is 19.0 Å². The Kier molecular flexibility index (Phi) is 2.11. The summed E-state index contributed by atoms with van der Waals surface area (Å²) in [6.07, 6.45) is 3.75. The highest BCUT2D eigenvalue weighted by Gasteiger charge is 2.22. The molecule has 1 aliphatic carbocycles. The zero-order chi connectivity index (χ0) is 10.1. The number of hydrogen-bond donors (Lipinski definition) is 2. The third-order valence-electron chi connectivity index (χ3n) is 2.24. The van der Waals surface area contributed by atoms with Crippen LogP contribution in [0.25, 0.3) is 0 Å². The van der Waals surface area contributed by atoms with Crippen molar-refractivity contribution < 1.29 is 9.90 Å². The van der Waals surface area contributed by atoms with Crippen molar-refractivity contribution in [2.75, 3.05) is 5.32 Å². The fourth-order valence-corrected chi connectivity index (χ4v) is 1.26. The second kappa shape index (κ2) is 3.29. The minimum atomic E-state index is -0.932. The predicted octanol–water partition coefficient (Wildman–Crippen LogP) is 1.66. The monoisotopic (exact) mass is 192 g/mol. The Balaban J connectivity index is 2.21. The Morgan fingerprint density at radius 2 is 2.36 bits per heavy atom. The van der Waals surface area contributed by atoms with E-state index in [2.05, 4.69) is 10.3 Å². The summed E-state index contributed by atoms with van der Waals surface area (Å²) in [7, 11) is 0. The highest BCUT2D eigenvalue weighted by Crippen LogP contribution is 2.25. The fourth-order valence-electron chi connectivity index (χ4n) is 1.26. The third-order valence-corrected chi connectivity index (χ3v) is 2.24. The summed E-state index contributed by atoms with van der Waals surface area (Å²) in [4.78, 5) is 14.7. The molecule has 1 heterocycles. The summed E-state index contributed by atoms with van der Waals surface area (Å²) < 4.78 is 0. The lowest BCUT2D eigenvalue weighted by Crippen LogP contribution is -2.06. The molecule has 0 unspecified atom stereocenters. The molecule has 0 radical (unpaired) electrons. The molecule has 0 atom stereocenters. The van der Waals surface area contributed by atoms with Crippen LogP contribution >= 0.6 is 0 Å². The van der Waals surface area contributed by atoms with Crippen LogP contribution in [0.4, 0.5) is 5.82 Å². The number of pyridine rings is 1. The maximum atomic E-state index is 10.6. The number of hydrogen-bond acceptors (Lipinski definition) is 3. The number of carboxylic acid groups (broad SMARTS) is 1. The van der Waals surface area contributed by atoms with E-state index in [1.807, 2.05) is 6.92 Å². The van der Waals surface area contributed by atoms with Gasteiger partial charge in [-0.1, -0.05) is 0 Å². The van der Waals surface area contributed by atoms with Crippen molar-refractivity contribution in [3.05, 3.63) is 23.4 Å². The lowest BCUT2D eigenvalue weighted by Gasteiger charge is -2.07. The van der Waals surface area contributed by atoms with Crippen LogP contribution in [-0.2, 0) is 0 Å². The van der Waals surface area contributed by atoms with Crippen LogP contribution < -0.4 is 5.32 Å². The molecule has 74 valence electrons. The maximum absolute atomic E-state index is 10.6. The van der Waals surface area contributed by atoms with E-state index < -0.39 is 5.97 Å². The predicted molar refractivity (Wildman–Crippen MR) is 52.6 cm³/mol. The first-order chi connectivity index (χ1) is 6.66. The van der Waals surface area contributed by atoms with Crippen LogP contribution in [0.2, 0.25) is 0 Å². The number of rotatable bonds is 3. The molecule has 0 saturated heterocycles. The van der Waals surface area contributed by atoms with E-state index in [0.29, 0.717) is 6.04 Å². The van der Waals surface area contributed by atoms with Crippen molar-refractivity contribution in [1.29, 1.82) is 0 Å². The van der Waals surface area contributed by atoms with Gasteiger partial charge in [0, 0.05) is 12.2 Å². The number of aryl methyl sites for hydroxylation is 1. The van der Waals surface area contributed by atoms with Gasteiger partial charge in [0.2, 0.25) is 0 Å². The third kappa shape index (κ3) is 1.84. The van der Waals surface area contributed by atoms with Crippen LogP contribution in [0.3, 0.4) is 0 Å². The summed E-state index contributed by atoms with van der Waals surface area (Å²) in [5.74, 6) is -0.129. The summed E-state index contributed by atoms with van der Waals surface area (Å²) in [5.41, 5.74) is 1.13. The smallest absolute Gasteiger partial charge is 0.337 e. The summed E-state index contributed by atoms with van der Waals surface area (Å²) in [6.45, 7) is 1.87. The van der Waals surface area contributed by atoms with Gasteiger partial charge >= 0.3 is 5.97 Å². The van der Waals surface area contributed by atoms with E-state index >= 15 is 0 Å². The molecule has 0 aliphatic heterocycles. The SMILES string of the molecule is Cc1cc(C(=O)O)cnc1NC1CC1. The summed E-state index contributed by atoms with van der Waals surface area (Å²) in [6, 6.07) is 2.18. The second-order valence-electron chi connectivity index (χ2n) is 3.61. The number of carbonyl (C=O) groups is 1. The highest BCUT2D eigenvalue weighted by molar-refractivity contribution is 5.87. The maximum Gasteiger partial charge on any atom is 0.337 e. The molecule has 1 aromatic heterocycles. The standard InChI is InChI=1S/C10H12N2O2/c1-6-4-7(10(13)14)5-11-9(6)12-8-2-3-8/h4-5,8H,2-3H2,1H3,(H,11,12)(H,13,14). The van der Waals surface area contributed by atoms with E-state index in [4.69, 9.17) is 5.11 Å². The first kappa shape index (κ1) is 8.99. The topological polar surface area (TPSA) is 62.2 Å². The minimum Gasteiger partial charge on any atom is -0.478 e. The van der Waals surface area contributed by atoms with Gasteiger partial charge in [0.05, 0.1) is 5.56 Å². The van der Waals surface area contributed by atoms with Crippen molar-refractivity contribution in [3.8, 4) is 0 Å². The van der Waals surface area contributed by atoms with Gasteiger partial charge in [-0.3, -0.25) is 0 Å². The van der Waals surface area contributed by atoms with E-state index in [0.717, 1.165) is 11.4 Å². The molecule has 1 fully saturated rings. The van der Waals surface area contributed by atoms with Crippen molar-refractivity contribution in [2.45, 2.75) is 25.8 Å². The number of nitrogens with zero attached hydrogens (tertiary/aromatic N) is 1. The average molecular weight is 192 g/mol. The molecule has 0 spiro atoms. The molecule has 2 N–H and O–H groups in total. The van der Waals surface area contributed by atoms with Gasteiger partial charge < -0.3 is 10.4 Å². The lowest BCUT2D eigenvalue weighted by molar-refractivity contribution is 0.0696. The van der Waals surface area contributed by atoms with Gasteiger partial charge in [-0.2, -0.15) is 0 Å². The quantitative estimate of drug-likeness (QED) is 0.764. The Bertz CT molecular complexity index is 372. The number of carboxylic acids is 1. The highest BCUT2D eigenvalue weighted by atomic mass is 16.4.